The van der Waals surface area contributed by atoms with E-state index < -0.39 is 0 Å². The van der Waals surface area contributed by atoms with Crippen LogP contribution in [0.4, 0.5) is 0 Å². The number of nitrogens with zero attached hydrogens (tertiary/aromatic N) is 2. The van der Waals surface area contributed by atoms with Crippen LogP contribution in [0.1, 0.15) is 56.8 Å². The van der Waals surface area contributed by atoms with Gasteiger partial charge in [0.15, 0.2) is 0 Å². The lowest BCUT2D eigenvalue weighted by Gasteiger charge is -2.27. The average molecular weight is 279 g/mol. The molecule has 0 spiro atoms. The zero-order chi connectivity index (χ0) is 14.8. The number of aromatic nitrogens is 2. The quantitative estimate of drug-likeness (QED) is 0.888. The molecule has 1 heterocycles. The number of aliphatic hydroxyl groups is 1. The molecule has 1 aliphatic rings. The monoisotopic (exact) mass is 279 g/mol. The van der Waals surface area contributed by atoms with Gasteiger partial charge in [-0.1, -0.05) is 12.8 Å². The number of hydrogen-bond donors (Lipinski definition) is 2. The number of aliphatic hydroxyl groups excluding tert-OH is 1. The lowest BCUT2D eigenvalue weighted by molar-refractivity contribution is 0.0663. The fourth-order valence-electron chi connectivity index (χ4n) is 2.56. The minimum Gasteiger partial charge on any atom is -0.393 e. The van der Waals surface area contributed by atoms with Crippen LogP contribution in [0.25, 0.3) is 0 Å². The van der Waals surface area contributed by atoms with Crippen molar-refractivity contribution >= 4 is 5.91 Å². The molecule has 1 aromatic rings. The van der Waals surface area contributed by atoms with E-state index in [-0.39, 0.29) is 23.5 Å². The molecular formula is C15H25N3O2. The van der Waals surface area contributed by atoms with Crippen molar-refractivity contribution in [2.24, 2.45) is 5.92 Å². The van der Waals surface area contributed by atoms with Gasteiger partial charge in [0.05, 0.1) is 23.4 Å². The number of carbonyl (C=O) groups is 1. The number of amides is 1. The predicted octanol–water partition coefficient (Wildman–Crippen LogP) is 1.92. The molecule has 20 heavy (non-hydrogen) atoms. The first kappa shape index (κ1) is 15.0. The van der Waals surface area contributed by atoms with E-state index in [9.17, 15) is 9.90 Å². The molecule has 0 saturated heterocycles. The largest absolute Gasteiger partial charge is 0.393 e. The van der Waals surface area contributed by atoms with Crippen LogP contribution in [0, 0.1) is 5.92 Å². The first-order valence-corrected chi connectivity index (χ1v) is 7.39. The fourth-order valence-corrected chi connectivity index (χ4v) is 2.56. The van der Waals surface area contributed by atoms with E-state index in [1.165, 1.54) is 0 Å². The van der Waals surface area contributed by atoms with Gasteiger partial charge in [-0.3, -0.25) is 9.48 Å². The molecule has 0 aliphatic heterocycles. The molecule has 1 aliphatic carbocycles. The molecule has 0 bridgehead atoms. The Morgan fingerprint density at radius 2 is 2.15 bits per heavy atom. The van der Waals surface area contributed by atoms with Gasteiger partial charge in [-0.15, -0.1) is 0 Å². The molecule has 5 heteroatoms. The molecule has 112 valence electrons. The molecule has 0 aromatic carbocycles. The second-order valence-corrected chi connectivity index (χ2v) is 6.67. The molecule has 0 unspecified atom stereocenters. The molecule has 1 saturated carbocycles. The smallest absolute Gasteiger partial charge is 0.254 e. The van der Waals surface area contributed by atoms with Crippen molar-refractivity contribution in [2.45, 2.75) is 58.1 Å². The highest BCUT2D eigenvalue weighted by molar-refractivity contribution is 5.93. The summed E-state index contributed by atoms with van der Waals surface area (Å²) in [7, 11) is 0. The third-order valence-corrected chi connectivity index (χ3v) is 3.93. The molecule has 2 rings (SSSR count). The first-order valence-electron chi connectivity index (χ1n) is 7.39. The zero-order valence-corrected chi connectivity index (χ0v) is 12.6. The summed E-state index contributed by atoms with van der Waals surface area (Å²) in [6.07, 6.45) is 7.15. The summed E-state index contributed by atoms with van der Waals surface area (Å²) < 4.78 is 1.79. The first-order chi connectivity index (χ1) is 9.38. The van der Waals surface area contributed by atoms with Gasteiger partial charge in [-0.2, -0.15) is 5.10 Å². The van der Waals surface area contributed by atoms with Crippen LogP contribution in [0.2, 0.25) is 0 Å². The zero-order valence-electron chi connectivity index (χ0n) is 12.6. The van der Waals surface area contributed by atoms with Crippen LogP contribution in [-0.4, -0.2) is 33.4 Å². The summed E-state index contributed by atoms with van der Waals surface area (Å²) in [6.45, 7) is 6.67. The molecule has 1 amide bonds. The number of nitrogens with one attached hydrogen (secondary N) is 1. The molecular weight excluding hydrogens is 254 g/mol. The fraction of sp³-hybridized carbons (Fsp3) is 0.733. The van der Waals surface area contributed by atoms with E-state index in [0.717, 1.165) is 25.7 Å². The minimum absolute atomic E-state index is 0.113. The van der Waals surface area contributed by atoms with Crippen LogP contribution in [0.15, 0.2) is 12.4 Å². The third kappa shape index (κ3) is 3.60. The number of hydrogen-bond acceptors (Lipinski definition) is 3. The van der Waals surface area contributed by atoms with Crippen molar-refractivity contribution in [2.75, 3.05) is 6.54 Å². The van der Waals surface area contributed by atoms with Gasteiger partial charge < -0.3 is 10.4 Å². The second kappa shape index (κ2) is 5.95. The van der Waals surface area contributed by atoms with Crippen molar-refractivity contribution in [1.29, 1.82) is 0 Å². The van der Waals surface area contributed by atoms with Crippen LogP contribution >= 0.6 is 0 Å². The Morgan fingerprint density at radius 3 is 2.75 bits per heavy atom. The Kier molecular flexibility index (Phi) is 4.48. The van der Waals surface area contributed by atoms with Crippen LogP contribution < -0.4 is 5.32 Å². The third-order valence-electron chi connectivity index (χ3n) is 3.93. The standard InChI is InChI=1S/C15H25N3O2/c1-15(2,3)18-10-12(9-17-18)14(20)16-8-11-6-4-5-7-13(11)19/h9-11,13,19H,4-8H2,1-3H3,(H,16,20)/t11-,13+/m0/s1. The maximum absolute atomic E-state index is 12.1. The van der Waals surface area contributed by atoms with E-state index in [2.05, 4.69) is 10.4 Å². The van der Waals surface area contributed by atoms with Crippen molar-refractivity contribution in [1.82, 2.24) is 15.1 Å². The maximum Gasteiger partial charge on any atom is 0.254 e. The van der Waals surface area contributed by atoms with E-state index in [1.54, 1.807) is 17.1 Å². The highest BCUT2D eigenvalue weighted by Crippen LogP contribution is 2.23. The molecule has 1 aromatic heterocycles. The van der Waals surface area contributed by atoms with Gasteiger partial charge >= 0.3 is 0 Å². The Morgan fingerprint density at radius 1 is 1.45 bits per heavy atom. The van der Waals surface area contributed by atoms with Gasteiger partial charge in [0.1, 0.15) is 0 Å². The summed E-state index contributed by atoms with van der Waals surface area (Å²) in [5.74, 6) is 0.0728. The van der Waals surface area contributed by atoms with E-state index in [1.807, 2.05) is 20.8 Å². The second-order valence-electron chi connectivity index (χ2n) is 6.67. The molecule has 1 fully saturated rings. The van der Waals surface area contributed by atoms with Crippen LogP contribution in [0.5, 0.6) is 0 Å². The predicted molar refractivity (Wildman–Crippen MR) is 77.5 cm³/mol. The lowest BCUT2D eigenvalue weighted by Crippen LogP contribution is -2.36. The van der Waals surface area contributed by atoms with Crippen molar-refractivity contribution in [3.05, 3.63) is 18.0 Å². The Labute approximate surface area is 120 Å². The Bertz CT molecular complexity index is 462. The summed E-state index contributed by atoms with van der Waals surface area (Å²) >= 11 is 0. The summed E-state index contributed by atoms with van der Waals surface area (Å²) in [6, 6.07) is 0. The van der Waals surface area contributed by atoms with Gasteiger partial charge in [0, 0.05) is 18.7 Å². The average Bonchev–Trinajstić information content (AvgIpc) is 2.87. The molecule has 2 N–H and O–H groups in total. The number of carbonyl (C=O) groups excluding carboxylic acids is 1. The van der Waals surface area contributed by atoms with Gasteiger partial charge in [0.25, 0.3) is 5.91 Å². The molecule has 2 atom stereocenters. The summed E-state index contributed by atoms with van der Waals surface area (Å²) in [4.78, 5) is 12.1. The summed E-state index contributed by atoms with van der Waals surface area (Å²) in [5.41, 5.74) is 0.447. The molecule has 0 radical (unpaired) electrons. The SMILES string of the molecule is CC(C)(C)n1cc(C(=O)NC[C@@H]2CCCC[C@H]2O)cn1. The normalized spacial score (nSPS) is 23.6. The van der Waals surface area contributed by atoms with Crippen LogP contribution in [-0.2, 0) is 5.54 Å². The van der Waals surface area contributed by atoms with E-state index in [0.29, 0.717) is 12.1 Å². The van der Waals surface area contributed by atoms with Gasteiger partial charge in [0.2, 0.25) is 0 Å². The van der Waals surface area contributed by atoms with Crippen molar-refractivity contribution < 1.29 is 9.90 Å². The summed E-state index contributed by atoms with van der Waals surface area (Å²) in [5, 5.41) is 17.0. The maximum atomic E-state index is 12.1. The van der Waals surface area contributed by atoms with Gasteiger partial charge in [-0.05, 0) is 33.6 Å². The van der Waals surface area contributed by atoms with Crippen LogP contribution in [0.3, 0.4) is 0 Å². The van der Waals surface area contributed by atoms with Gasteiger partial charge in [-0.25, -0.2) is 0 Å². The Balaban J connectivity index is 1.90. The van der Waals surface area contributed by atoms with E-state index >= 15 is 0 Å². The molecule has 5 nitrogen and oxygen atoms in total. The van der Waals surface area contributed by atoms with E-state index in [4.69, 9.17) is 0 Å². The highest BCUT2D eigenvalue weighted by Gasteiger charge is 2.24. The Hall–Kier alpha value is -1.36. The lowest BCUT2D eigenvalue weighted by atomic mass is 9.86. The number of rotatable bonds is 3. The minimum atomic E-state index is -0.277. The van der Waals surface area contributed by atoms with Crippen molar-refractivity contribution in [3.8, 4) is 0 Å². The highest BCUT2D eigenvalue weighted by atomic mass is 16.3. The van der Waals surface area contributed by atoms with Crippen molar-refractivity contribution in [3.63, 3.8) is 0 Å². The topological polar surface area (TPSA) is 67.2 Å².